The molecule has 0 spiro atoms. The van der Waals surface area contributed by atoms with Crippen molar-refractivity contribution in [2.45, 2.75) is 39.5 Å². The van der Waals surface area contributed by atoms with E-state index in [0.29, 0.717) is 0 Å². The molecule has 1 fully saturated rings. The first-order chi connectivity index (χ1) is 10.2. The number of aryl methyl sites for hydroxylation is 1. The van der Waals surface area contributed by atoms with Gasteiger partial charge in [-0.15, -0.1) is 11.3 Å². The highest BCUT2D eigenvalue weighted by Crippen LogP contribution is 2.29. The third-order valence-electron chi connectivity index (χ3n) is 4.51. The Bertz CT molecular complexity index is 582. The number of anilines is 1. The number of hydrogen-bond donors (Lipinski definition) is 1. The van der Waals surface area contributed by atoms with Crippen molar-refractivity contribution >= 4 is 17.0 Å². The largest absolute Gasteiger partial charge is 0.385 e. The van der Waals surface area contributed by atoms with Gasteiger partial charge in [0.1, 0.15) is 0 Å². The number of thiazole rings is 1. The van der Waals surface area contributed by atoms with Gasteiger partial charge in [0.2, 0.25) is 0 Å². The van der Waals surface area contributed by atoms with Gasteiger partial charge in [0.05, 0.1) is 10.7 Å². The van der Waals surface area contributed by atoms with Gasteiger partial charge < -0.3 is 5.32 Å². The van der Waals surface area contributed by atoms with E-state index in [1.807, 2.05) is 0 Å². The van der Waals surface area contributed by atoms with E-state index in [0.717, 1.165) is 29.1 Å². The predicted molar refractivity (Wildman–Crippen MR) is 91.9 cm³/mol. The van der Waals surface area contributed by atoms with Crippen LogP contribution in [0.15, 0.2) is 29.6 Å². The molecule has 1 saturated carbocycles. The summed E-state index contributed by atoms with van der Waals surface area (Å²) >= 11 is 1.71. The van der Waals surface area contributed by atoms with Crippen molar-refractivity contribution in [3.05, 3.63) is 34.7 Å². The van der Waals surface area contributed by atoms with Crippen LogP contribution in [0.1, 0.15) is 37.6 Å². The molecule has 1 N–H and O–H groups in total. The van der Waals surface area contributed by atoms with Gasteiger partial charge in [-0.3, -0.25) is 0 Å². The summed E-state index contributed by atoms with van der Waals surface area (Å²) in [6, 6.07) is 8.64. The van der Waals surface area contributed by atoms with Crippen LogP contribution >= 0.6 is 11.3 Å². The normalized spacial score (nSPS) is 22.2. The lowest BCUT2D eigenvalue weighted by molar-refractivity contribution is 0.300. The maximum absolute atomic E-state index is 4.57. The molecule has 3 rings (SSSR count). The Morgan fingerprint density at radius 3 is 2.76 bits per heavy atom. The summed E-state index contributed by atoms with van der Waals surface area (Å²) in [6.07, 6.45) is 5.53. The van der Waals surface area contributed by atoms with E-state index in [1.54, 1.807) is 11.3 Å². The Morgan fingerprint density at radius 1 is 1.24 bits per heavy atom. The molecule has 2 nitrogen and oxygen atoms in total. The smallest absolute Gasteiger partial charge is 0.0901 e. The maximum Gasteiger partial charge on any atom is 0.0901 e. The highest BCUT2D eigenvalue weighted by atomic mass is 32.1. The van der Waals surface area contributed by atoms with Crippen molar-refractivity contribution in [2.75, 3.05) is 11.9 Å². The molecule has 1 aliphatic rings. The van der Waals surface area contributed by atoms with Gasteiger partial charge in [-0.05, 0) is 43.7 Å². The van der Waals surface area contributed by atoms with Crippen LogP contribution in [0.5, 0.6) is 0 Å². The van der Waals surface area contributed by atoms with Crippen LogP contribution < -0.4 is 5.32 Å². The summed E-state index contributed by atoms with van der Waals surface area (Å²) in [5.41, 5.74) is 3.52. The predicted octanol–water partition coefficient (Wildman–Crippen LogP) is 5.36. The van der Waals surface area contributed by atoms with E-state index in [4.69, 9.17) is 0 Å². The minimum atomic E-state index is 0.839. The Labute approximate surface area is 131 Å². The minimum absolute atomic E-state index is 0.839. The average molecular weight is 300 g/mol. The van der Waals surface area contributed by atoms with Crippen LogP contribution in [0.25, 0.3) is 11.3 Å². The molecule has 0 saturated heterocycles. The maximum atomic E-state index is 4.57. The third kappa shape index (κ3) is 3.85. The van der Waals surface area contributed by atoms with E-state index < -0.39 is 0 Å². The highest BCUT2D eigenvalue weighted by molar-refractivity contribution is 7.09. The van der Waals surface area contributed by atoms with E-state index in [9.17, 15) is 0 Å². The van der Waals surface area contributed by atoms with Gasteiger partial charge in [0.25, 0.3) is 0 Å². The van der Waals surface area contributed by atoms with Crippen LogP contribution in [-0.4, -0.2) is 11.5 Å². The van der Waals surface area contributed by atoms with Crippen LogP contribution in [0, 0.1) is 18.8 Å². The molecule has 112 valence electrons. The van der Waals surface area contributed by atoms with Gasteiger partial charge in [-0.25, -0.2) is 4.98 Å². The van der Waals surface area contributed by atoms with E-state index in [-0.39, 0.29) is 0 Å². The van der Waals surface area contributed by atoms with Crippen LogP contribution in [-0.2, 0) is 0 Å². The molecule has 0 amide bonds. The lowest BCUT2D eigenvalue weighted by atomic mass is 9.83. The lowest BCUT2D eigenvalue weighted by Crippen LogP contribution is -2.20. The molecule has 0 bridgehead atoms. The zero-order valence-corrected chi connectivity index (χ0v) is 13.7. The highest BCUT2D eigenvalue weighted by Gasteiger charge is 2.17. The fraction of sp³-hybridized carbons (Fsp3) is 0.500. The summed E-state index contributed by atoms with van der Waals surface area (Å²) in [4.78, 5) is 4.57. The third-order valence-corrected chi connectivity index (χ3v) is 5.28. The Balaban J connectivity index is 1.61. The molecule has 21 heavy (non-hydrogen) atoms. The van der Waals surface area contributed by atoms with Crippen molar-refractivity contribution in [1.82, 2.24) is 4.98 Å². The van der Waals surface area contributed by atoms with Crippen LogP contribution in [0.4, 0.5) is 5.69 Å². The Morgan fingerprint density at radius 2 is 2.05 bits per heavy atom. The first-order valence-electron chi connectivity index (χ1n) is 7.97. The SMILES string of the molecule is Cc1nc(-c2cccc(NCC3CCC(C)CC3)c2)cs1. The van der Waals surface area contributed by atoms with Crippen molar-refractivity contribution in [1.29, 1.82) is 0 Å². The molecule has 1 aliphatic carbocycles. The number of benzene rings is 1. The van der Waals surface area contributed by atoms with Gasteiger partial charge in [-0.1, -0.05) is 31.9 Å². The van der Waals surface area contributed by atoms with Crippen molar-refractivity contribution in [3.8, 4) is 11.3 Å². The second-order valence-electron chi connectivity index (χ2n) is 6.34. The molecule has 3 heteroatoms. The molecule has 1 heterocycles. The van der Waals surface area contributed by atoms with Crippen molar-refractivity contribution in [2.24, 2.45) is 11.8 Å². The molecular formula is C18H24N2S. The van der Waals surface area contributed by atoms with E-state index >= 15 is 0 Å². The standard InChI is InChI=1S/C18H24N2S/c1-13-6-8-15(9-7-13)11-19-17-5-3-4-16(10-17)18-12-21-14(2)20-18/h3-5,10,12-13,15,19H,6-9,11H2,1-2H3. The van der Waals surface area contributed by atoms with Crippen LogP contribution in [0.3, 0.4) is 0 Å². The Hall–Kier alpha value is -1.35. The molecule has 0 atom stereocenters. The van der Waals surface area contributed by atoms with Gasteiger partial charge in [0, 0.05) is 23.2 Å². The first-order valence-corrected chi connectivity index (χ1v) is 8.85. The summed E-state index contributed by atoms with van der Waals surface area (Å²) in [7, 11) is 0. The van der Waals surface area contributed by atoms with Crippen molar-refractivity contribution < 1.29 is 0 Å². The molecule has 0 radical (unpaired) electrons. The average Bonchev–Trinajstić information content (AvgIpc) is 2.94. The zero-order chi connectivity index (χ0) is 14.7. The Kier molecular flexibility index (Phi) is 4.59. The van der Waals surface area contributed by atoms with Gasteiger partial charge >= 0.3 is 0 Å². The van der Waals surface area contributed by atoms with E-state index in [2.05, 4.69) is 53.8 Å². The van der Waals surface area contributed by atoms with Crippen molar-refractivity contribution in [3.63, 3.8) is 0 Å². The molecule has 1 aromatic carbocycles. The molecule has 0 aliphatic heterocycles. The number of aromatic nitrogens is 1. The molecule has 2 aromatic rings. The summed E-state index contributed by atoms with van der Waals surface area (Å²) in [6.45, 7) is 5.54. The monoisotopic (exact) mass is 300 g/mol. The summed E-state index contributed by atoms with van der Waals surface area (Å²) in [5.74, 6) is 1.77. The van der Waals surface area contributed by atoms with E-state index in [1.165, 1.54) is 36.9 Å². The summed E-state index contributed by atoms with van der Waals surface area (Å²) in [5, 5.41) is 6.88. The fourth-order valence-corrected chi connectivity index (χ4v) is 3.70. The second kappa shape index (κ2) is 6.61. The topological polar surface area (TPSA) is 24.9 Å². The van der Waals surface area contributed by atoms with Crippen LogP contribution in [0.2, 0.25) is 0 Å². The number of rotatable bonds is 4. The minimum Gasteiger partial charge on any atom is -0.385 e. The number of nitrogens with one attached hydrogen (secondary N) is 1. The van der Waals surface area contributed by atoms with Gasteiger partial charge in [-0.2, -0.15) is 0 Å². The molecule has 0 unspecified atom stereocenters. The summed E-state index contributed by atoms with van der Waals surface area (Å²) < 4.78 is 0. The van der Waals surface area contributed by atoms with Gasteiger partial charge in [0.15, 0.2) is 0 Å². The quantitative estimate of drug-likeness (QED) is 0.822. The zero-order valence-electron chi connectivity index (χ0n) is 12.9. The second-order valence-corrected chi connectivity index (χ2v) is 7.40. The molecule has 1 aromatic heterocycles. The number of hydrogen-bond acceptors (Lipinski definition) is 3. The fourth-order valence-electron chi connectivity index (χ4n) is 3.08. The molecular weight excluding hydrogens is 276 g/mol. The first kappa shape index (κ1) is 14.6. The number of nitrogens with zero attached hydrogens (tertiary/aromatic N) is 1. The lowest BCUT2D eigenvalue weighted by Gasteiger charge is -2.26.